The van der Waals surface area contributed by atoms with Crippen LogP contribution in [0, 0.1) is 0 Å². The number of imide groups is 1. The third kappa shape index (κ3) is 4.21. The first-order chi connectivity index (χ1) is 15.3. The maximum Gasteiger partial charge on any atom is 0.325 e. The average molecular weight is 453 g/mol. The number of halogens is 1. The van der Waals surface area contributed by atoms with Crippen LogP contribution < -0.4 is 5.32 Å². The van der Waals surface area contributed by atoms with Crippen molar-refractivity contribution in [2.45, 2.75) is 31.6 Å². The smallest absolute Gasteiger partial charge is 0.325 e. The van der Waals surface area contributed by atoms with Gasteiger partial charge in [-0.05, 0) is 47.9 Å². The third-order valence-electron chi connectivity index (χ3n) is 5.87. The van der Waals surface area contributed by atoms with Crippen LogP contribution >= 0.6 is 11.6 Å². The van der Waals surface area contributed by atoms with E-state index in [-0.39, 0.29) is 19.3 Å². The van der Waals surface area contributed by atoms with Crippen LogP contribution in [-0.2, 0) is 15.1 Å². The average Bonchev–Trinajstić information content (AvgIpc) is 3.01. The normalized spacial score (nSPS) is 20.4. The molecule has 166 valence electrons. The lowest BCUT2D eigenvalue weighted by Crippen LogP contribution is -2.42. The largest absolute Gasteiger partial charge is 0.389 e. The minimum atomic E-state index is -1.21. The van der Waals surface area contributed by atoms with E-state index < -0.39 is 23.6 Å². The molecular weight excluding hydrogens is 428 g/mol. The molecule has 1 aliphatic heterocycles. The van der Waals surface area contributed by atoms with Gasteiger partial charge in [-0.1, -0.05) is 66.2 Å². The van der Waals surface area contributed by atoms with E-state index in [2.05, 4.69) is 5.32 Å². The molecule has 3 amide bonds. The Morgan fingerprint density at radius 2 is 1.75 bits per heavy atom. The zero-order valence-corrected chi connectivity index (χ0v) is 18.7. The maximum atomic E-state index is 13.3. The quantitative estimate of drug-likeness (QED) is 0.521. The number of β-amino-alcohol motifs (C(OH)–C–C–N with tert-alkyl or cyclic N) is 1. The number of aliphatic hydroxyl groups is 1. The van der Waals surface area contributed by atoms with Crippen LogP contribution in [0.25, 0.3) is 10.8 Å². The highest BCUT2D eigenvalue weighted by molar-refractivity contribution is 6.30. The number of ether oxygens (including phenoxy) is 1. The van der Waals surface area contributed by atoms with Gasteiger partial charge in [0.2, 0.25) is 0 Å². The molecule has 6 nitrogen and oxygen atoms in total. The number of amides is 3. The Balaban J connectivity index is 1.45. The molecule has 1 aliphatic rings. The van der Waals surface area contributed by atoms with Crippen LogP contribution in [0.15, 0.2) is 66.7 Å². The van der Waals surface area contributed by atoms with E-state index in [4.69, 9.17) is 16.3 Å². The number of fused-ring (bicyclic) bond motifs is 1. The molecule has 3 unspecified atom stereocenters. The predicted molar refractivity (Wildman–Crippen MR) is 123 cm³/mol. The molecule has 0 bridgehead atoms. The van der Waals surface area contributed by atoms with Crippen LogP contribution in [0.3, 0.4) is 0 Å². The fourth-order valence-electron chi connectivity index (χ4n) is 4.06. The van der Waals surface area contributed by atoms with Crippen molar-refractivity contribution < 1.29 is 19.4 Å². The van der Waals surface area contributed by atoms with Crippen molar-refractivity contribution in [1.29, 1.82) is 0 Å². The van der Waals surface area contributed by atoms with E-state index in [1.54, 1.807) is 19.1 Å². The molecule has 1 fully saturated rings. The molecule has 1 heterocycles. The third-order valence-corrected chi connectivity index (χ3v) is 6.13. The van der Waals surface area contributed by atoms with Gasteiger partial charge >= 0.3 is 6.03 Å². The molecular formula is C25H25ClN2O4. The number of hydrogen-bond donors (Lipinski definition) is 2. The number of nitrogens with zero attached hydrogens (tertiary/aromatic N) is 1. The van der Waals surface area contributed by atoms with Crippen LogP contribution in [-0.4, -0.2) is 41.2 Å². The first kappa shape index (κ1) is 22.3. The molecule has 0 aromatic heterocycles. The zero-order valence-electron chi connectivity index (χ0n) is 17.9. The van der Waals surface area contributed by atoms with E-state index in [1.165, 1.54) is 0 Å². The number of urea groups is 1. The molecule has 0 radical (unpaired) electrons. The van der Waals surface area contributed by atoms with Crippen molar-refractivity contribution in [3.63, 3.8) is 0 Å². The standard InChI is InChI=1S/C25H25ClN2O4/c1-16(17-10-12-19(26)13-11-17)32-15-20(29)14-28-23(30)25(2,27-24(28)31)22-9-5-7-18-6-3-4-8-21(18)22/h3-13,16,20,29H,14-15H2,1-2H3,(H,27,31). The molecule has 3 aromatic carbocycles. The first-order valence-electron chi connectivity index (χ1n) is 10.5. The number of carbonyl (C=O) groups excluding carboxylic acids is 2. The Kier molecular flexibility index (Phi) is 6.20. The van der Waals surface area contributed by atoms with E-state index in [9.17, 15) is 14.7 Å². The van der Waals surface area contributed by atoms with Gasteiger partial charge in [0.15, 0.2) is 0 Å². The molecule has 0 spiro atoms. The molecule has 7 heteroatoms. The molecule has 0 aliphatic carbocycles. The van der Waals surface area contributed by atoms with E-state index in [0.717, 1.165) is 26.8 Å². The Morgan fingerprint density at radius 1 is 1.06 bits per heavy atom. The summed E-state index contributed by atoms with van der Waals surface area (Å²) >= 11 is 5.91. The molecule has 1 saturated heterocycles. The first-order valence-corrected chi connectivity index (χ1v) is 10.8. The van der Waals surface area contributed by atoms with Crippen LogP contribution in [0.5, 0.6) is 0 Å². The second kappa shape index (κ2) is 8.90. The van der Waals surface area contributed by atoms with Gasteiger partial charge in [-0.2, -0.15) is 0 Å². The fourth-order valence-corrected chi connectivity index (χ4v) is 4.18. The number of hydrogen-bond acceptors (Lipinski definition) is 4. The number of rotatable bonds is 7. The minimum absolute atomic E-state index is 0.0220. The van der Waals surface area contributed by atoms with E-state index in [0.29, 0.717) is 5.02 Å². The highest BCUT2D eigenvalue weighted by atomic mass is 35.5. The van der Waals surface area contributed by atoms with Crippen molar-refractivity contribution in [2.24, 2.45) is 0 Å². The van der Waals surface area contributed by atoms with Crippen LogP contribution in [0.2, 0.25) is 5.02 Å². The van der Waals surface area contributed by atoms with Gasteiger partial charge in [0.1, 0.15) is 5.54 Å². The van der Waals surface area contributed by atoms with E-state index >= 15 is 0 Å². The second-order valence-corrected chi connectivity index (χ2v) is 8.61. The predicted octanol–water partition coefficient (Wildman–Crippen LogP) is 4.40. The summed E-state index contributed by atoms with van der Waals surface area (Å²) < 4.78 is 5.74. The highest BCUT2D eigenvalue weighted by Crippen LogP contribution is 2.34. The van der Waals surface area contributed by atoms with Crippen molar-refractivity contribution >= 4 is 34.3 Å². The van der Waals surface area contributed by atoms with Gasteiger partial charge in [-0.15, -0.1) is 0 Å². The number of carbonyl (C=O) groups is 2. The van der Waals surface area contributed by atoms with Crippen LogP contribution in [0.4, 0.5) is 4.79 Å². The molecule has 0 saturated carbocycles. The Labute approximate surface area is 191 Å². The summed E-state index contributed by atoms with van der Waals surface area (Å²) in [5, 5.41) is 15.8. The van der Waals surface area contributed by atoms with Gasteiger partial charge in [-0.3, -0.25) is 9.69 Å². The lowest BCUT2D eigenvalue weighted by molar-refractivity contribution is -0.132. The zero-order chi connectivity index (χ0) is 22.9. The molecule has 4 rings (SSSR count). The van der Waals surface area contributed by atoms with Gasteiger partial charge in [0.05, 0.1) is 25.4 Å². The number of aliphatic hydroxyl groups excluding tert-OH is 1. The molecule has 3 atom stereocenters. The summed E-state index contributed by atoms with van der Waals surface area (Å²) in [5.74, 6) is -0.399. The Hall–Kier alpha value is -2.93. The van der Waals surface area contributed by atoms with Crippen molar-refractivity contribution in [3.05, 3.63) is 82.9 Å². The topological polar surface area (TPSA) is 78.9 Å². The van der Waals surface area contributed by atoms with Gasteiger partial charge < -0.3 is 15.2 Å². The SMILES string of the molecule is CC(OCC(O)CN1C(=O)NC(C)(c2cccc3ccccc23)C1=O)c1ccc(Cl)cc1. The van der Waals surface area contributed by atoms with Crippen LogP contribution in [0.1, 0.15) is 31.1 Å². The van der Waals surface area contributed by atoms with Crippen molar-refractivity contribution in [3.8, 4) is 0 Å². The summed E-state index contributed by atoms with van der Waals surface area (Å²) in [6.45, 7) is 3.38. The lowest BCUT2D eigenvalue weighted by atomic mass is 9.88. The van der Waals surface area contributed by atoms with Gasteiger partial charge in [0, 0.05) is 5.02 Å². The molecule has 2 N–H and O–H groups in total. The second-order valence-electron chi connectivity index (χ2n) is 8.18. The summed E-state index contributed by atoms with van der Waals surface area (Å²) in [4.78, 5) is 27.0. The summed E-state index contributed by atoms with van der Waals surface area (Å²) in [6, 6.07) is 20.1. The van der Waals surface area contributed by atoms with Gasteiger partial charge in [0.25, 0.3) is 5.91 Å². The van der Waals surface area contributed by atoms with Gasteiger partial charge in [-0.25, -0.2) is 4.79 Å². The lowest BCUT2D eigenvalue weighted by Gasteiger charge is -2.25. The Bertz CT molecular complexity index is 1140. The molecule has 3 aromatic rings. The number of nitrogens with one attached hydrogen (secondary N) is 1. The highest BCUT2D eigenvalue weighted by Gasteiger charge is 2.49. The monoisotopic (exact) mass is 452 g/mol. The summed E-state index contributed by atoms with van der Waals surface area (Å²) in [7, 11) is 0. The maximum absolute atomic E-state index is 13.3. The minimum Gasteiger partial charge on any atom is -0.389 e. The number of benzene rings is 3. The summed E-state index contributed by atoms with van der Waals surface area (Å²) in [5.41, 5.74) is 0.424. The fraction of sp³-hybridized carbons (Fsp3) is 0.280. The van der Waals surface area contributed by atoms with Crippen molar-refractivity contribution in [2.75, 3.05) is 13.2 Å². The summed E-state index contributed by atoms with van der Waals surface area (Å²) in [6.07, 6.45) is -1.29. The Morgan fingerprint density at radius 3 is 2.50 bits per heavy atom. The molecule has 32 heavy (non-hydrogen) atoms. The van der Waals surface area contributed by atoms with Crippen molar-refractivity contribution in [1.82, 2.24) is 10.2 Å². The van der Waals surface area contributed by atoms with E-state index in [1.807, 2.05) is 61.5 Å².